The number of nitrogens with one attached hydrogen (secondary N) is 2. The summed E-state index contributed by atoms with van der Waals surface area (Å²) in [7, 11) is 0. The highest BCUT2D eigenvalue weighted by atomic mass is 35.5. The first-order valence-corrected chi connectivity index (χ1v) is 13.3. The minimum atomic E-state index is -1.44. The smallest absolute Gasteiger partial charge is 0.336 e. The number of carbonyl (C=O) groups excluding carboxylic acids is 2. The van der Waals surface area contributed by atoms with Crippen LogP contribution in [-0.4, -0.2) is 34.0 Å². The van der Waals surface area contributed by atoms with Crippen LogP contribution in [0.3, 0.4) is 0 Å². The maximum Gasteiger partial charge on any atom is 0.336 e. The lowest BCUT2D eigenvalue weighted by atomic mass is 10.0. The van der Waals surface area contributed by atoms with Gasteiger partial charge in [0.25, 0.3) is 5.91 Å². The zero-order valence-electron chi connectivity index (χ0n) is 20.4. The van der Waals surface area contributed by atoms with E-state index in [1.54, 1.807) is 36.4 Å². The number of rotatable bonds is 9. The molecule has 8 nitrogen and oxygen atoms in total. The van der Waals surface area contributed by atoms with Crippen LogP contribution in [0.5, 0.6) is 0 Å². The van der Waals surface area contributed by atoms with Gasteiger partial charge in [-0.1, -0.05) is 59.6 Å². The molecule has 0 heterocycles. The number of amides is 2. The van der Waals surface area contributed by atoms with E-state index in [4.69, 9.17) is 28.3 Å². The number of benzene rings is 4. The van der Waals surface area contributed by atoms with Gasteiger partial charge in [-0.3, -0.25) is 9.59 Å². The minimum Gasteiger partial charge on any atom is -0.478 e. The highest BCUT2D eigenvalue weighted by molar-refractivity contribution is 8.00. The van der Waals surface area contributed by atoms with Gasteiger partial charge in [-0.15, -0.1) is 11.8 Å². The van der Waals surface area contributed by atoms with Crippen molar-refractivity contribution in [1.29, 1.82) is 0 Å². The molecule has 1 atom stereocenters. The third-order valence-corrected chi connectivity index (χ3v) is 7.41. The summed E-state index contributed by atoms with van der Waals surface area (Å²) in [6.07, 6.45) is 0. The van der Waals surface area contributed by atoms with Gasteiger partial charge < -0.3 is 20.8 Å². The van der Waals surface area contributed by atoms with E-state index in [0.29, 0.717) is 26.3 Å². The summed E-state index contributed by atoms with van der Waals surface area (Å²) in [6.45, 7) is 0. The molecule has 4 N–H and O–H groups in total. The molecule has 4 aromatic carbocycles. The third kappa shape index (κ3) is 7.01. The lowest BCUT2D eigenvalue weighted by Gasteiger charge is -2.18. The molecule has 2 amide bonds. The molecule has 1 unspecified atom stereocenters. The van der Waals surface area contributed by atoms with Gasteiger partial charge in [-0.05, 0) is 60.2 Å². The molecule has 11 heteroatoms. The van der Waals surface area contributed by atoms with Crippen LogP contribution in [0.15, 0.2) is 95.9 Å². The largest absolute Gasteiger partial charge is 0.478 e. The van der Waals surface area contributed by atoms with Gasteiger partial charge in [0.05, 0.1) is 27.4 Å². The number of thioether (sulfide) groups is 1. The van der Waals surface area contributed by atoms with Gasteiger partial charge in [0.15, 0.2) is 0 Å². The summed E-state index contributed by atoms with van der Waals surface area (Å²) in [6, 6.07) is 23.8. The molecule has 0 aliphatic rings. The van der Waals surface area contributed by atoms with Crippen LogP contribution < -0.4 is 10.6 Å². The predicted octanol–water partition coefficient (Wildman–Crippen LogP) is 7.11. The standard InChI is InChI=1S/C29H20Cl2N2O6S/c30-18-10-12-24(23(31)14-18)33-27(35)25(16-5-2-1-3-6-16)40-20-8-4-7-19(15-20)32-26(34)21-11-9-17(28(36)37)13-22(21)29(38)39/h1-15,25H,(H,32,34)(H,33,35)(H,36,37)(H,38,39). The van der Waals surface area contributed by atoms with Gasteiger partial charge in [-0.25, -0.2) is 9.59 Å². The number of carboxylic acids is 2. The van der Waals surface area contributed by atoms with E-state index in [9.17, 15) is 24.3 Å². The van der Waals surface area contributed by atoms with Crippen molar-refractivity contribution in [1.82, 2.24) is 0 Å². The Kier molecular flexibility index (Phi) is 9.11. The van der Waals surface area contributed by atoms with E-state index in [0.717, 1.165) is 23.8 Å². The zero-order valence-corrected chi connectivity index (χ0v) is 22.8. The normalized spacial score (nSPS) is 11.3. The lowest BCUT2D eigenvalue weighted by Crippen LogP contribution is -2.19. The van der Waals surface area contributed by atoms with Crippen LogP contribution in [0.25, 0.3) is 0 Å². The van der Waals surface area contributed by atoms with Crippen LogP contribution in [0, 0.1) is 0 Å². The molecule has 0 aliphatic heterocycles. The summed E-state index contributed by atoms with van der Waals surface area (Å²) in [5, 5.41) is 24.2. The molecular formula is C29H20Cl2N2O6S. The molecule has 0 bridgehead atoms. The highest BCUT2D eigenvalue weighted by Crippen LogP contribution is 2.38. The molecule has 0 saturated carbocycles. The Morgan fingerprint density at radius 1 is 0.725 bits per heavy atom. The van der Waals surface area contributed by atoms with Crippen molar-refractivity contribution in [2.45, 2.75) is 10.1 Å². The fourth-order valence-electron chi connectivity index (χ4n) is 3.72. The van der Waals surface area contributed by atoms with E-state index < -0.39 is 28.7 Å². The van der Waals surface area contributed by atoms with Gasteiger partial charge in [-0.2, -0.15) is 0 Å². The van der Waals surface area contributed by atoms with Crippen molar-refractivity contribution >= 4 is 70.1 Å². The minimum absolute atomic E-state index is 0.197. The zero-order chi connectivity index (χ0) is 28.8. The molecule has 0 aliphatic carbocycles. The summed E-state index contributed by atoms with van der Waals surface area (Å²) in [4.78, 5) is 49.8. The second-order valence-electron chi connectivity index (χ2n) is 8.37. The Morgan fingerprint density at radius 2 is 1.48 bits per heavy atom. The van der Waals surface area contributed by atoms with Crippen molar-refractivity contribution in [3.05, 3.63) is 123 Å². The van der Waals surface area contributed by atoms with Crippen molar-refractivity contribution in [2.24, 2.45) is 0 Å². The molecule has 0 aromatic heterocycles. The van der Waals surface area contributed by atoms with Crippen LogP contribution in [0.2, 0.25) is 10.0 Å². The average Bonchev–Trinajstić information content (AvgIpc) is 2.93. The molecule has 40 heavy (non-hydrogen) atoms. The van der Waals surface area contributed by atoms with Crippen molar-refractivity contribution in [3.8, 4) is 0 Å². The number of aromatic carboxylic acids is 2. The number of hydrogen-bond donors (Lipinski definition) is 4. The van der Waals surface area contributed by atoms with Crippen LogP contribution in [0.4, 0.5) is 11.4 Å². The second-order valence-corrected chi connectivity index (χ2v) is 10.4. The van der Waals surface area contributed by atoms with Gasteiger partial charge in [0.2, 0.25) is 5.91 Å². The van der Waals surface area contributed by atoms with Gasteiger partial charge >= 0.3 is 11.9 Å². The Morgan fingerprint density at radius 3 is 2.15 bits per heavy atom. The Labute approximate surface area is 242 Å². The number of carbonyl (C=O) groups is 4. The fraction of sp³-hybridized carbons (Fsp3) is 0.0345. The Hall–Kier alpha value is -4.31. The van der Waals surface area contributed by atoms with E-state index in [2.05, 4.69) is 10.6 Å². The lowest BCUT2D eigenvalue weighted by molar-refractivity contribution is -0.115. The Balaban J connectivity index is 1.58. The molecule has 4 aromatic rings. The van der Waals surface area contributed by atoms with Crippen molar-refractivity contribution < 1.29 is 29.4 Å². The third-order valence-electron chi connectivity index (χ3n) is 5.62. The van der Waals surface area contributed by atoms with Gasteiger partial charge in [0.1, 0.15) is 5.25 Å². The van der Waals surface area contributed by atoms with E-state index >= 15 is 0 Å². The van der Waals surface area contributed by atoms with Crippen LogP contribution in [-0.2, 0) is 4.79 Å². The van der Waals surface area contributed by atoms with Gasteiger partial charge in [0, 0.05) is 15.6 Å². The van der Waals surface area contributed by atoms with E-state index in [1.807, 2.05) is 30.3 Å². The summed E-state index contributed by atoms with van der Waals surface area (Å²) in [5.74, 6) is -3.81. The fourth-order valence-corrected chi connectivity index (χ4v) is 5.26. The average molecular weight is 595 g/mol. The maximum atomic E-state index is 13.4. The molecule has 0 radical (unpaired) electrons. The first kappa shape index (κ1) is 28.7. The van der Waals surface area contributed by atoms with Crippen LogP contribution >= 0.6 is 35.0 Å². The predicted molar refractivity (Wildman–Crippen MR) is 155 cm³/mol. The SMILES string of the molecule is O=C(O)c1ccc(C(=O)Nc2cccc(SC(C(=O)Nc3ccc(Cl)cc3Cl)c3ccccc3)c2)c(C(=O)O)c1. The van der Waals surface area contributed by atoms with Crippen LogP contribution in [0.1, 0.15) is 41.9 Å². The second kappa shape index (κ2) is 12.7. The van der Waals surface area contributed by atoms with Crippen molar-refractivity contribution in [3.63, 3.8) is 0 Å². The van der Waals surface area contributed by atoms with E-state index in [-0.39, 0.29) is 17.0 Å². The topological polar surface area (TPSA) is 133 Å². The molecule has 0 saturated heterocycles. The summed E-state index contributed by atoms with van der Waals surface area (Å²) in [5.41, 5.74) is 0.594. The molecular weight excluding hydrogens is 575 g/mol. The number of halogens is 2. The monoisotopic (exact) mass is 594 g/mol. The molecule has 0 spiro atoms. The summed E-state index contributed by atoms with van der Waals surface area (Å²) < 4.78 is 0. The first-order valence-electron chi connectivity index (χ1n) is 11.6. The number of anilines is 2. The first-order chi connectivity index (χ1) is 19.1. The number of carboxylic acid groups (broad SMARTS) is 2. The number of hydrogen-bond acceptors (Lipinski definition) is 5. The molecule has 202 valence electrons. The van der Waals surface area contributed by atoms with Crippen molar-refractivity contribution in [2.75, 3.05) is 10.6 Å². The summed E-state index contributed by atoms with van der Waals surface area (Å²) >= 11 is 13.5. The maximum absolute atomic E-state index is 13.4. The Bertz CT molecular complexity index is 1610. The van der Waals surface area contributed by atoms with E-state index in [1.165, 1.54) is 17.8 Å². The molecule has 4 rings (SSSR count). The quantitative estimate of drug-likeness (QED) is 0.152. The highest BCUT2D eigenvalue weighted by Gasteiger charge is 2.24. The molecule has 0 fully saturated rings.